The van der Waals surface area contributed by atoms with Crippen molar-refractivity contribution in [1.29, 1.82) is 0 Å². The molecule has 4 aromatic heterocycles. The number of carbonyl (C=O) groups is 2. The Morgan fingerprint density at radius 2 is 1.10 bits per heavy atom. The van der Waals surface area contributed by atoms with E-state index < -0.39 is 0 Å². The van der Waals surface area contributed by atoms with Gasteiger partial charge in [-0.15, -0.1) is 0 Å². The number of likely N-dealkylation sites (N-methyl/N-ethyl adjacent to an activating group) is 2. The molecule has 9 rings (SSSR count). The topological polar surface area (TPSA) is 118 Å². The molecule has 0 saturated carbocycles. The maximum absolute atomic E-state index is 13.1. The monoisotopic (exact) mass is 679 g/mol. The summed E-state index contributed by atoms with van der Waals surface area (Å²) in [4.78, 5) is 48.7. The summed E-state index contributed by atoms with van der Waals surface area (Å²) in [5.74, 6) is 2.96. The van der Waals surface area contributed by atoms with Crippen LogP contribution in [0.15, 0.2) is 76.0 Å². The van der Waals surface area contributed by atoms with E-state index in [1.54, 1.807) is 27.2 Å². The smallest absolute Gasteiger partial charge is 0.415 e. The van der Waals surface area contributed by atoms with Gasteiger partial charge >= 0.3 is 12.1 Å². The third kappa shape index (κ3) is 6.16. The molecule has 4 aliphatic heterocycles. The number of para-hydroxylation sites is 1. The van der Waals surface area contributed by atoms with E-state index in [4.69, 9.17) is 23.5 Å². The molecule has 0 spiro atoms. The molecule has 3 amide bonds. The molecule has 50 heavy (non-hydrogen) atoms. The third-order valence-electron chi connectivity index (χ3n) is 9.80. The molecule has 0 radical (unpaired) electrons. The number of benzene rings is 1. The lowest BCUT2D eigenvalue weighted by Crippen LogP contribution is -2.45. The molecule has 0 N–H and O–H groups in total. The zero-order valence-corrected chi connectivity index (χ0v) is 28.4. The number of amides is 3. The van der Waals surface area contributed by atoms with Crippen LogP contribution in [0.3, 0.4) is 0 Å². The van der Waals surface area contributed by atoms with Gasteiger partial charge < -0.3 is 33.2 Å². The van der Waals surface area contributed by atoms with E-state index in [1.165, 1.54) is 0 Å². The zero-order valence-electron chi connectivity index (χ0n) is 28.4. The number of rotatable bonds is 5. The van der Waals surface area contributed by atoms with E-state index in [0.29, 0.717) is 37.9 Å². The Morgan fingerprint density at radius 1 is 0.580 bits per heavy atom. The van der Waals surface area contributed by atoms with Crippen molar-refractivity contribution in [1.82, 2.24) is 19.8 Å². The first-order valence-electron chi connectivity index (χ1n) is 17.1. The first-order chi connectivity index (χ1) is 24.4. The van der Waals surface area contributed by atoms with E-state index in [9.17, 15) is 9.59 Å². The van der Waals surface area contributed by atoms with Gasteiger partial charge in [-0.2, -0.15) is 0 Å². The molecule has 4 aliphatic rings. The molecule has 14 heteroatoms. The summed E-state index contributed by atoms with van der Waals surface area (Å²) in [6, 6.07) is 17.4. The highest BCUT2D eigenvalue weighted by atomic mass is 16.6. The SMILES string of the molecule is CN1CCN(c2nc(N3CCN(c4ccccc4)C3=O)cc3ccoc23)CC1.CN1CCN(c2nc(N3CCOC3=O)cc3ccoc23)CC1. The molecular formula is C36H41N9O5. The van der Waals surface area contributed by atoms with Crippen LogP contribution in [0.5, 0.6) is 0 Å². The van der Waals surface area contributed by atoms with E-state index >= 15 is 0 Å². The largest absolute Gasteiger partial charge is 0.460 e. The highest BCUT2D eigenvalue weighted by Gasteiger charge is 2.33. The molecule has 0 unspecified atom stereocenters. The Hall–Kier alpha value is -5.34. The van der Waals surface area contributed by atoms with E-state index in [1.807, 2.05) is 54.6 Å². The van der Waals surface area contributed by atoms with Gasteiger partial charge in [-0.25, -0.2) is 19.6 Å². The minimum absolute atomic E-state index is 0.0362. The number of furan rings is 2. The van der Waals surface area contributed by atoms with E-state index in [-0.39, 0.29) is 12.1 Å². The fourth-order valence-corrected chi connectivity index (χ4v) is 6.83. The molecule has 4 fully saturated rings. The van der Waals surface area contributed by atoms with Crippen LogP contribution in [0.1, 0.15) is 0 Å². The second-order valence-electron chi connectivity index (χ2n) is 13.1. The number of nitrogens with zero attached hydrogens (tertiary/aromatic N) is 9. The number of urea groups is 1. The first-order valence-corrected chi connectivity index (χ1v) is 17.1. The van der Waals surface area contributed by atoms with Crippen molar-refractivity contribution in [3.63, 3.8) is 0 Å². The van der Waals surface area contributed by atoms with Crippen molar-refractivity contribution >= 4 is 63.0 Å². The minimum atomic E-state index is -0.334. The number of hydrogen-bond acceptors (Lipinski definition) is 11. The van der Waals surface area contributed by atoms with Gasteiger partial charge in [-0.1, -0.05) is 18.2 Å². The van der Waals surface area contributed by atoms with Gasteiger partial charge in [0.25, 0.3) is 0 Å². The second-order valence-corrected chi connectivity index (χ2v) is 13.1. The molecule has 0 bridgehead atoms. The van der Waals surface area contributed by atoms with Gasteiger partial charge in [0, 0.05) is 81.9 Å². The number of cyclic esters (lactones) is 1. The lowest BCUT2D eigenvalue weighted by atomic mass is 10.2. The number of pyridine rings is 2. The summed E-state index contributed by atoms with van der Waals surface area (Å²) in [6.45, 7) is 9.74. The number of hydrogen-bond donors (Lipinski definition) is 0. The Bertz CT molecular complexity index is 1980. The van der Waals surface area contributed by atoms with Crippen LogP contribution in [0.25, 0.3) is 21.9 Å². The highest BCUT2D eigenvalue weighted by molar-refractivity contribution is 6.06. The van der Waals surface area contributed by atoms with Crippen molar-refractivity contribution in [2.45, 2.75) is 0 Å². The van der Waals surface area contributed by atoms with Crippen LogP contribution in [0.2, 0.25) is 0 Å². The summed E-state index contributed by atoms with van der Waals surface area (Å²) in [7, 11) is 4.24. The molecule has 260 valence electrons. The van der Waals surface area contributed by atoms with Gasteiger partial charge in [-0.05, 0) is 50.5 Å². The van der Waals surface area contributed by atoms with Crippen molar-refractivity contribution in [3.05, 3.63) is 67.1 Å². The van der Waals surface area contributed by atoms with Crippen molar-refractivity contribution < 1.29 is 23.2 Å². The molecule has 0 atom stereocenters. The molecule has 14 nitrogen and oxygen atoms in total. The lowest BCUT2D eigenvalue weighted by Gasteiger charge is -2.33. The van der Waals surface area contributed by atoms with Crippen LogP contribution in [-0.4, -0.2) is 125 Å². The number of piperazine rings is 2. The van der Waals surface area contributed by atoms with Crippen LogP contribution < -0.4 is 24.5 Å². The third-order valence-corrected chi connectivity index (χ3v) is 9.80. The van der Waals surface area contributed by atoms with Gasteiger partial charge in [0.1, 0.15) is 18.2 Å². The van der Waals surface area contributed by atoms with Crippen LogP contribution in [0, 0.1) is 0 Å². The number of carbonyl (C=O) groups excluding carboxylic acids is 2. The lowest BCUT2D eigenvalue weighted by molar-refractivity contribution is 0.181. The standard InChI is InChI=1S/C21H23N5O2.C15H18N4O3/c1-23-8-10-24(11-9-23)20-19-16(7-14-28-19)15-18(22-20)26-13-12-25(21(26)27)17-5-3-2-4-6-17;1-17-3-5-18(6-4-17)14-13-11(2-8-21-13)10-12(16-14)19-7-9-22-15(19)20/h2-7,14-15H,8-13H2,1H3;2,8,10H,3-7,9H2,1H3. The van der Waals surface area contributed by atoms with Gasteiger partial charge in [0.05, 0.1) is 19.1 Å². The normalized spacial score (nSPS) is 19.1. The molecule has 1 aromatic carbocycles. The van der Waals surface area contributed by atoms with E-state index in [2.05, 4.69) is 33.7 Å². The Kier molecular flexibility index (Phi) is 8.63. The van der Waals surface area contributed by atoms with Crippen LogP contribution >= 0.6 is 0 Å². The van der Waals surface area contributed by atoms with Crippen LogP contribution in [-0.2, 0) is 4.74 Å². The number of ether oxygens (including phenoxy) is 1. The highest BCUT2D eigenvalue weighted by Crippen LogP contribution is 2.34. The molecule has 5 aromatic rings. The predicted molar refractivity (Wildman–Crippen MR) is 193 cm³/mol. The summed E-state index contributed by atoms with van der Waals surface area (Å²) in [5.41, 5.74) is 2.49. The summed E-state index contributed by atoms with van der Waals surface area (Å²) in [5, 5.41) is 1.93. The maximum atomic E-state index is 13.1. The Labute approximate surface area is 290 Å². The first kappa shape index (κ1) is 31.9. The summed E-state index contributed by atoms with van der Waals surface area (Å²) < 4.78 is 16.4. The summed E-state index contributed by atoms with van der Waals surface area (Å²) in [6.07, 6.45) is 3.02. The zero-order chi connectivity index (χ0) is 34.2. The Morgan fingerprint density at radius 3 is 1.62 bits per heavy atom. The maximum Gasteiger partial charge on any atom is 0.415 e. The van der Waals surface area contributed by atoms with Crippen molar-refractivity contribution in [2.24, 2.45) is 0 Å². The van der Waals surface area contributed by atoms with Crippen LogP contribution in [0.4, 0.5) is 38.5 Å². The van der Waals surface area contributed by atoms with E-state index in [0.717, 1.165) is 91.6 Å². The van der Waals surface area contributed by atoms with Crippen molar-refractivity contribution in [3.8, 4) is 0 Å². The summed E-state index contributed by atoms with van der Waals surface area (Å²) >= 11 is 0. The average Bonchev–Trinajstić information content (AvgIpc) is 3.96. The number of fused-ring (bicyclic) bond motifs is 2. The average molecular weight is 680 g/mol. The van der Waals surface area contributed by atoms with Gasteiger partial charge in [0.15, 0.2) is 22.8 Å². The molecule has 8 heterocycles. The molecular weight excluding hydrogens is 638 g/mol. The minimum Gasteiger partial charge on any atom is -0.460 e. The van der Waals surface area contributed by atoms with Gasteiger partial charge in [0.2, 0.25) is 0 Å². The van der Waals surface area contributed by atoms with Gasteiger partial charge in [-0.3, -0.25) is 14.7 Å². The fraction of sp³-hybridized carbons (Fsp3) is 0.389. The van der Waals surface area contributed by atoms with Crippen molar-refractivity contribution in [2.75, 3.05) is 117 Å². The molecule has 4 saturated heterocycles. The number of anilines is 5. The Balaban J connectivity index is 0.000000149. The molecule has 0 aliphatic carbocycles. The fourth-order valence-electron chi connectivity index (χ4n) is 6.83. The predicted octanol–water partition coefficient (Wildman–Crippen LogP) is 4.56. The number of aromatic nitrogens is 2. The second kappa shape index (κ2) is 13.5. The quantitative estimate of drug-likeness (QED) is 0.260.